The number of carbonyl (C=O) groups excluding carboxylic acids is 6. The Balaban J connectivity index is 1.57. The van der Waals surface area contributed by atoms with Crippen molar-refractivity contribution < 1.29 is 52.5 Å². The summed E-state index contributed by atoms with van der Waals surface area (Å²) < 4.78 is 26.6. The molecule has 0 unspecified atom stereocenters. The van der Waals surface area contributed by atoms with Gasteiger partial charge in [-0.05, 0) is 85.8 Å². The molecule has 4 aromatic rings. The number of carbonyl (C=O) groups is 6. The van der Waals surface area contributed by atoms with Crippen molar-refractivity contribution in [2.24, 2.45) is 0 Å². The summed E-state index contributed by atoms with van der Waals surface area (Å²) in [4.78, 5) is 76.1. The lowest BCUT2D eigenvalue weighted by Gasteiger charge is -2.26. The fraction of sp³-hybridized carbons (Fsp3) is 0.277. The Morgan fingerprint density at radius 1 is 0.534 bits per heavy atom. The first-order chi connectivity index (χ1) is 27.5. The van der Waals surface area contributed by atoms with Crippen LogP contribution in [0.1, 0.15) is 105 Å². The molecule has 4 rings (SSSR count). The van der Waals surface area contributed by atoms with Gasteiger partial charge < -0.3 is 23.7 Å². The van der Waals surface area contributed by atoms with E-state index in [1.807, 2.05) is 24.3 Å². The molecule has 0 radical (unpaired) electrons. The molecule has 0 aliphatic carbocycles. The van der Waals surface area contributed by atoms with Gasteiger partial charge in [0.05, 0.1) is 11.1 Å². The number of ether oxygens (including phenoxy) is 5. The molecule has 0 amide bonds. The standard InChI is InChI=1S/C47H48O11/c1-9-32-10-14-34(15-11-32)47(7,8)35-16-12-33(13-17-35)26-42(49)39-21-19-37(28-41(39)46(53)57-25-23-55-44(51)30(4)5)58-36-18-20-38(31(6)48)40(27-36)45(52)56-24-22-54-43(50)29(2)3/h10-21,27-28H,2,4,9,22-26H2,1,3,5-8H3. The van der Waals surface area contributed by atoms with E-state index in [9.17, 15) is 28.8 Å². The SMILES string of the molecule is C=C(C)C(=O)OCCOC(=O)c1cc(Oc2ccc(C(=O)Cc3ccc(C(C)(C)c4ccc(CC)cc4)cc3)c(C(=O)OCCOC(=O)C(=C)C)c2)ccc1C(C)=O. The van der Waals surface area contributed by atoms with Gasteiger partial charge in [-0.25, -0.2) is 19.2 Å². The van der Waals surface area contributed by atoms with Crippen molar-refractivity contribution in [3.8, 4) is 11.5 Å². The third-order valence-corrected chi connectivity index (χ3v) is 9.26. The minimum Gasteiger partial charge on any atom is -0.459 e. The van der Waals surface area contributed by atoms with Crippen molar-refractivity contribution in [1.29, 1.82) is 0 Å². The third kappa shape index (κ3) is 11.7. The maximum absolute atomic E-state index is 13.8. The average Bonchev–Trinajstić information content (AvgIpc) is 3.20. The molecular weight excluding hydrogens is 741 g/mol. The Hall–Kier alpha value is -6.62. The monoisotopic (exact) mass is 788 g/mol. The Labute approximate surface area is 338 Å². The lowest BCUT2D eigenvalue weighted by Crippen LogP contribution is -2.19. The maximum Gasteiger partial charge on any atom is 0.339 e. The van der Waals surface area contributed by atoms with Crippen molar-refractivity contribution in [3.63, 3.8) is 0 Å². The van der Waals surface area contributed by atoms with E-state index in [0.29, 0.717) is 0 Å². The minimum absolute atomic E-state index is 0.0208. The summed E-state index contributed by atoms with van der Waals surface area (Å²) in [5, 5.41) is 0. The number of aryl methyl sites for hydroxylation is 1. The van der Waals surface area contributed by atoms with E-state index < -0.39 is 29.7 Å². The second kappa shape index (κ2) is 20.0. The number of hydrogen-bond acceptors (Lipinski definition) is 11. The lowest BCUT2D eigenvalue weighted by molar-refractivity contribution is -0.140. The fourth-order valence-corrected chi connectivity index (χ4v) is 5.78. The van der Waals surface area contributed by atoms with Crippen LogP contribution in [-0.4, -0.2) is 61.9 Å². The van der Waals surface area contributed by atoms with Gasteiger partial charge in [0.1, 0.15) is 37.9 Å². The number of benzene rings is 4. The van der Waals surface area contributed by atoms with Crippen LogP contribution in [0.25, 0.3) is 0 Å². The number of hydrogen-bond donors (Lipinski definition) is 0. The Morgan fingerprint density at radius 3 is 1.38 bits per heavy atom. The lowest BCUT2D eigenvalue weighted by atomic mass is 9.77. The van der Waals surface area contributed by atoms with Crippen LogP contribution in [0.3, 0.4) is 0 Å². The second-order valence-corrected chi connectivity index (χ2v) is 14.1. The average molecular weight is 789 g/mol. The van der Waals surface area contributed by atoms with E-state index in [-0.39, 0.29) is 88.9 Å². The van der Waals surface area contributed by atoms with Crippen LogP contribution in [0.2, 0.25) is 0 Å². The topological polar surface area (TPSA) is 149 Å². The highest BCUT2D eigenvalue weighted by Gasteiger charge is 2.25. The number of esters is 4. The predicted molar refractivity (Wildman–Crippen MR) is 217 cm³/mol. The van der Waals surface area contributed by atoms with Crippen LogP contribution < -0.4 is 4.74 Å². The van der Waals surface area contributed by atoms with Gasteiger partial charge in [0.25, 0.3) is 0 Å². The summed E-state index contributed by atoms with van der Waals surface area (Å²) in [7, 11) is 0. The first kappa shape index (κ1) is 44.1. The van der Waals surface area contributed by atoms with Gasteiger partial charge in [-0.3, -0.25) is 9.59 Å². The van der Waals surface area contributed by atoms with E-state index in [1.165, 1.54) is 62.7 Å². The highest BCUT2D eigenvalue weighted by atomic mass is 16.6. The van der Waals surface area contributed by atoms with Crippen molar-refractivity contribution >= 4 is 35.4 Å². The van der Waals surface area contributed by atoms with E-state index in [1.54, 1.807) is 0 Å². The fourth-order valence-electron chi connectivity index (χ4n) is 5.78. The number of rotatable bonds is 19. The Morgan fingerprint density at radius 2 is 0.948 bits per heavy atom. The summed E-state index contributed by atoms with van der Waals surface area (Å²) in [5.74, 6) is -3.56. The second-order valence-electron chi connectivity index (χ2n) is 14.1. The summed E-state index contributed by atoms with van der Waals surface area (Å²) in [5.41, 5.74) is 4.25. The van der Waals surface area contributed by atoms with E-state index in [4.69, 9.17) is 23.7 Å². The molecule has 0 saturated carbocycles. The molecule has 11 nitrogen and oxygen atoms in total. The van der Waals surface area contributed by atoms with Gasteiger partial charge in [0.2, 0.25) is 0 Å². The molecule has 0 aliphatic rings. The van der Waals surface area contributed by atoms with Gasteiger partial charge in [-0.1, -0.05) is 82.5 Å². The first-order valence-electron chi connectivity index (χ1n) is 18.7. The van der Waals surface area contributed by atoms with E-state index in [0.717, 1.165) is 23.1 Å². The zero-order valence-corrected chi connectivity index (χ0v) is 33.7. The third-order valence-electron chi connectivity index (χ3n) is 9.26. The van der Waals surface area contributed by atoms with E-state index >= 15 is 0 Å². The van der Waals surface area contributed by atoms with Crippen molar-refractivity contribution in [3.05, 3.63) is 154 Å². The molecule has 11 heteroatoms. The van der Waals surface area contributed by atoms with Gasteiger partial charge in [0.15, 0.2) is 11.6 Å². The van der Waals surface area contributed by atoms with Crippen molar-refractivity contribution in [1.82, 2.24) is 0 Å². The van der Waals surface area contributed by atoms with Crippen LogP contribution in [0.5, 0.6) is 11.5 Å². The highest BCUT2D eigenvalue weighted by Crippen LogP contribution is 2.33. The summed E-state index contributed by atoms with van der Waals surface area (Å²) in [6.07, 6.45) is 0.936. The molecule has 302 valence electrons. The molecule has 0 bridgehead atoms. The molecule has 0 saturated heterocycles. The smallest absolute Gasteiger partial charge is 0.339 e. The molecular formula is C47H48O11. The highest BCUT2D eigenvalue weighted by molar-refractivity contribution is 6.07. The van der Waals surface area contributed by atoms with Crippen LogP contribution in [0, 0.1) is 0 Å². The normalized spacial score (nSPS) is 10.9. The number of ketones is 2. The molecule has 58 heavy (non-hydrogen) atoms. The molecule has 0 aromatic heterocycles. The summed E-state index contributed by atoms with van der Waals surface area (Å²) in [6, 6.07) is 24.7. The molecule has 0 spiro atoms. The van der Waals surface area contributed by atoms with E-state index in [2.05, 4.69) is 58.2 Å². The van der Waals surface area contributed by atoms with Gasteiger partial charge >= 0.3 is 23.9 Å². The summed E-state index contributed by atoms with van der Waals surface area (Å²) in [6.45, 7) is 16.7. The molecule has 0 N–H and O–H groups in total. The number of Topliss-reactive ketones (excluding diaryl/α,β-unsaturated/α-hetero) is 2. The van der Waals surface area contributed by atoms with Crippen LogP contribution in [-0.2, 0) is 46.8 Å². The van der Waals surface area contributed by atoms with Crippen LogP contribution >= 0.6 is 0 Å². The Bertz CT molecular complexity index is 2210. The van der Waals surface area contributed by atoms with Crippen molar-refractivity contribution in [2.45, 2.75) is 59.8 Å². The summed E-state index contributed by atoms with van der Waals surface area (Å²) >= 11 is 0. The first-order valence-corrected chi connectivity index (χ1v) is 18.7. The zero-order valence-electron chi connectivity index (χ0n) is 33.7. The van der Waals surface area contributed by atoms with Gasteiger partial charge in [-0.15, -0.1) is 0 Å². The minimum atomic E-state index is -0.866. The molecule has 0 heterocycles. The van der Waals surface area contributed by atoms with Gasteiger partial charge in [-0.2, -0.15) is 0 Å². The largest absolute Gasteiger partial charge is 0.459 e. The molecule has 4 aromatic carbocycles. The maximum atomic E-state index is 13.8. The molecule has 0 aliphatic heterocycles. The molecule has 0 fully saturated rings. The quantitative estimate of drug-likeness (QED) is 0.0296. The zero-order chi connectivity index (χ0) is 42.6. The van der Waals surface area contributed by atoms with Crippen LogP contribution in [0.4, 0.5) is 0 Å². The van der Waals surface area contributed by atoms with Crippen molar-refractivity contribution in [2.75, 3.05) is 26.4 Å². The molecule has 0 atom stereocenters. The Kier molecular flexibility index (Phi) is 15.2. The van der Waals surface area contributed by atoms with Crippen LogP contribution in [0.15, 0.2) is 109 Å². The predicted octanol–water partition coefficient (Wildman–Crippen LogP) is 8.55. The van der Waals surface area contributed by atoms with Gasteiger partial charge in [0, 0.05) is 34.1 Å².